The molecule has 1 aromatic heterocycles. The van der Waals surface area contributed by atoms with E-state index in [0.29, 0.717) is 0 Å². The molecule has 16 aromatic rings. The molecule has 498 valence electrons. The first-order valence-electron chi connectivity index (χ1n) is 36.7. The van der Waals surface area contributed by atoms with E-state index in [4.69, 9.17) is 0 Å². The number of rotatable bonds is 13. The van der Waals surface area contributed by atoms with Crippen molar-refractivity contribution in [2.45, 2.75) is 52.4 Å². The zero-order chi connectivity index (χ0) is 70.3. The van der Waals surface area contributed by atoms with E-state index < -0.39 is 16.1 Å². The summed E-state index contributed by atoms with van der Waals surface area (Å²) in [5.74, 6) is 0. The maximum absolute atomic E-state index is 3.09. The summed E-state index contributed by atoms with van der Waals surface area (Å²) < 4.78 is 2.60. The predicted octanol–water partition coefficient (Wildman–Crippen LogP) is 17.6. The molecule has 0 fully saturated rings. The third kappa shape index (κ3) is 10.5. The molecule has 3 heterocycles. The lowest BCUT2D eigenvalue weighted by atomic mass is 9.32. The maximum atomic E-state index is 2.68. The summed E-state index contributed by atoms with van der Waals surface area (Å²) in [6, 6.07) is 144. The Hall–Kier alpha value is -11.8. The largest absolute Gasteiger partial charge is 0.311 e. The van der Waals surface area contributed by atoms with Gasteiger partial charge in [0.2, 0.25) is 0 Å². The highest BCUT2D eigenvalue weighted by Gasteiger charge is 2.48. The van der Waals surface area contributed by atoms with Crippen LogP contribution in [0.3, 0.4) is 0 Å². The summed E-state index contributed by atoms with van der Waals surface area (Å²) in [7, 11) is -6.17. The fourth-order valence-corrected chi connectivity index (χ4v) is 27.1. The first-order chi connectivity index (χ1) is 50.9. The Morgan fingerprint density at radius 2 is 0.615 bits per heavy atom. The average Bonchev–Trinajstić information content (AvgIpc) is 0.769. The van der Waals surface area contributed by atoms with E-state index in [1.54, 1.807) is 0 Å². The monoisotopic (exact) mass is 1370 g/mol. The normalized spacial score (nSPS) is 12.8. The Kier molecular flexibility index (Phi) is 15.8. The predicted molar refractivity (Wildman–Crippen MR) is 450 cm³/mol. The van der Waals surface area contributed by atoms with E-state index in [1.165, 1.54) is 108 Å². The molecule has 0 radical (unpaired) electrons. The Labute approximate surface area is 614 Å². The number of hydrogen-bond acceptors (Lipinski definition) is 2. The topological polar surface area (TPSA) is 11.4 Å². The highest BCUT2D eigenvalue weighted by molar-refractivity contribution is 7.20. The molecule has 0 atom stereocenters. The highest BCUT2D eigenvalue weighted by atomic mass is 28.3. The van der Waals surface area contributed by atoms with Gasteiger partial charge in [-0.1, -0.05) is 345 Å². The molecular weight excluding hydrogens is 1290 g/mol. The summed E-state index contributed by atoms with van der Waals surface area (Å²) in [4.78, 5) is 5.35. The van der Waals surface area contributed by atoms with Gasteiger partial charge in [-0.2, -0.15) is 0 Å². The second-order valence-electron chi connectivity index (χ2n) is 30.3. The molecular formula is C98H80BN3Si2. The minimum Gasteiger partial charge on any atom is -0.311 e. The number of benzene rings is 15. The van der Waals surface area contributed by atoms with E-state index in [1.807, 2.05) is 0 Å². The lowest BCUT2D eigenvalue weighted by Crippen LogP contribution is -2.74. The number of aromatic nitrogens is 1. The van der Waals surface area contributed by atoms with Crippen LogP contribution in [0, 0.1) is 0 Å². The smallest absolute Gasteiger partial charge is 0.252 e. The van der Waals surface area contributed by atoms with E-state index in [-0.39, 0.29) is 17.5 Å². The van der Waals surface area contributed by atoms with Crippen LogP contribution in [-0.2, 0) is 10.8 Å². The van der Waals surface area contributed by atoms with Crippen LogP contribution in [0.25, 0.3) is 49.7 Å². The van der Waals surface area contributed by atoms with Crippen LogP contribution in [0.15, 0.2) is 376 Å². The van der Waals surface area contributed by atoms with Gasteiger partial charge < -0.3 is 14.4 Å². The number of fused-ring (bicyclic) bond motifs is 7. The van der Waals surface area contributed by atoms with Crippen molar-refractivity contribution in [2.24, 2.45) is 0 Å². The van der Waals surface area contributed by atoms with E-state index >= 15 is 0 Å². The lowest BCUT2D eigenvalue weighted by Gasteiger charge is -2.45. The van der Waals surface area contributed by atoms with Gasteiger partial charge in [0.05, 0.1) is 16.7 Å². The van der Waals surface area contributed by atoms with Gasteiger partial charge in [0, 0.05) is 44.9 Å². The molecule has 0 bridgehead atoms. The molecule has 0 spiro atoms. The molecule has 18 rings (SSSR count). The molecule has 3 nitrogen and oxygen atoms in total. The summed E-state index contributed by atoms with van der Waals surface area (Å²) >= 11 is 0. The van der Waals surface area contributed by atoms with Gasteiger partial charge in [-0.25, -0.2) is 0 Å². The molecule has 0 saturated carbocycles. The SMILES string of the molecule is CC(C)(C)c1ccc2c(c1)c1cc(C(C)(C)C)ccc1n2-c1cc2c3c(c1)N(c1cccc([Si](c4ccccc4)(c4ccccc4)c4ccccc4)c1)c1cccc(-c4ccccc4)c1B3c1ccc(-c3ccccc3)cc1N2c1cccc([Si](c2ccccc2)(c2ccccc2)c2ccccc2)c1. The number of anilines is 6. The molecule has 0 unspecified atom stereocenters. The van der Waals surface area contributed by atoms with Crippen LogP contribution in [-0.4, -0.2) is 27.4 Å². The number of hydrogen-bond donors (Lipinski definition) is 0. The Balaban J connectivity index is 1.00. The van der Waals surface area contributed by atoms with Crippen LogP contribution in [0.4, 0.5) is 34.1 Å². The molecule has 0 N–H and O–H groups in total. The second kappa shape index (κ2) is 25.6. The van der Waals surface area contributed by atoms with Crippen molar-refractivity contribution in [3.8, 4) is 27.9 Å². The minimum atomic E-state index is -3.09. The lowest BCUT2D eigenvalue weighted by molar-refractivity contribution is 0.590. The van der Waals surface area contributed by atoms with Crippen LogP contribution in [0.1, 0.15) is 52.7 Å². The Bertz CT molecular complexity index is 5610. The fraction of sp³-hybridized carbons (Fsp3) is 0.0816. The van der Waals surface area contributed by atoms with Gasteiger partial charge in [-0.15, -0.1) is 0 Å². The first kappa shape index (κ1) is 64.3. The van der Waals surface area contributed by atoms with Crippen LogP contribution >= 0.6 is 0 Å². The molecule has 6 heteroatoms. The summed E-state index contributed by atoms with van der Waals surface area (Å²) in [6.07, 6.45) is 0. The van der Waals surface area contributed by atoms with Crippen molar-refractivity contribution in [2.75, 3.05) is 9.80 Å². The van der Waals surface area contributed by atoms with Crippen LogP contribution in [0.2, 0.25) is 0 Å². The highest BCUT2D eigenvalue weighted by Crippen LogP contribution is 2.49. The summed E-state index contributed by atoms with van der Waals surface area (Å²) in [6.45, 7) is 13.8. The molecule has 2 aliphatic rings. The van der Waals surface area contributed by atoms with Crippen molar-refractivity contribution in [1.82, 2.24) is 4.57 Å². The Morgan fingerprint density at radius 3 is 1.02 bits per heavy atom. The van der Waals surface area contributed by atoms with Crippen molar-refractivity contribution in [1.29, 1.82) is 0 Å². The van der Waals surface area contributed by atoms with Crippen LogP contribution in [0.5, 0.6) is 0 Å². The fourth-order valence-electron chi connectivity index (χ4n) is 17.5. The van der Waals surface area contributed by atoms with E-state index in [0.717, 1.165) is 45.4 Å². The maximum Gasteiger partial charge on any atom is 0.252 e. The molecule has 104 heavy (non-hydrogen) atoms. The zero-order valence-corrected chi connectivity index (χ0v) is 61.7. The van der Waals surface area contributed by atoms with Crippen molar-refractivity contribution < 1.29 is 0 Å². The Morgan fingerprint density at radius 1 is 0.250 bits per heavy atom. The van der Waals surface area contributed by atoms with Crippen molar-refractivity contribution in [3.63, 3.8) is 0 Å². The third-order valence-electron chi connectivity index (χ3n) is 22.3. The van der Waals surface area contributed by atoms with Gasteiger partial charge >= 0.3 is 0 Å². The number of nitrogens with zero attached hydrogens (tertiary/aromatic N) is 3. The molecule has 2 aliphatic heterocycles. The summed E-state index contributed by atoms with van der Waals surface area (Å²) in [5, 5.41) is 13.1. The quantitative estimate of drug-likeness (QED) is 0.0842. The summed E-state index contributed by atoms with van der Waals surface area (Å²) in [5.41, 5.74) is 21.1. The van der Waals surface area contributed by atoms with Gasteiger partial charge in [0.15, 0.2) is 16.1 Å². The van der Waals surface area contributed by atoms with Crippen molar-refractivity contribution in [3.05, 3.63) is 387 Å². The van der Waals surface area contributed by atoms with Crippen molar-refractivity contribution >= 4 is 137 Å². The minimum absolute atomic E-state index is 0.0821. The molecule has 15 aromatic carbocycles. The zero-order valence-electron chi connectivity index (χ0n) is 59.7. The molecule has 0 saturated heterocycles. The average molecular weight is 1370 g/mol. The van der Waals surface area contributed by atoms with Gasteiger partial charge in [0.25, 0.3) is 6.71 Å². The van der Waals surface area contributed by atoms with Gasteiger partial charge in [-0.05, 0) is 175 Å². The van der Waals surface area contributed by atoms with E-state index in [9.17, 15) is 0 Å². The van der Waals surface area contributed by atoms with Crippen LogP contribution < -0.4 is 67.7 Å². The van der Waals surface area contributed by atoms with Gasteiger partial charge in [0.1, 0.15) is 0 Å². The molecule has 0 aliphatic carbocycles. The first-order valence-corrected chi connectivity index (χ1v) is 40.7. The molecule has 0 amide bonds. The van der Waals surface area contributed by atoms with Gasteiger partial charge in [-0.3, -0.25) is 0 Å². The standard InChI is InChI=1S/C98H80BN3Si2/c1-97(2,3)72-57-60-89-86(63-72)87-64-73(98(4,5)6)58-61-90(87)102(89)76-67-93-96-94(68-76)101(75-39-32-53-84(66-75)104(80-46-25-12-26-47-80,81-48-27-13-28-49-81)82-50-29-14-30-51-82)92-62-71(69-34-15-7-16-35-69)56-59-88(92)99(96)95-85(70-36-17-8-18-37-70)54-33-55-91(95)100(93)74-38-31-52-83(65-74)103(77-40-19-9-20-41-77,78-42-21-10-22-43-78)79-44-23-11-24-45-79/h7-68H,1-6H3. The second-order valence-corrected chi connectivity index (χ2v) is 38.0. The van der Waals surface area contributed by atoms with E-state index in [2.05, 4.69) is 432 Å². The third-order valence-corrected chi connectivity index (χ3v) is 31.9.